The predicted molar refractivity (Wildman–Crippen MR) is 111 cm³/mol. The Kier molecular flexibility index (Phi) is 4.35. The summed E-state index contributed by atoms with van der Waals surface area (Å²) in [4.78, 5) is 13.4. The van der Waals surface area contributed by atoms with E-state index in [1.54, 1.807) is 6.33 Å². The third kappa shape index (κ3) is 2.69. The minimum Gasteiger partial charge on any atom is -0.462 e. The fourth-order valence-electron chi connectivity index (χ4n) is 6.02. The lowest BCUT2D eigenvalue weighted by molar-refractivity contribution is -0.0514. The van der Waals surface area contributed by atoms with Crippen molar-refractivity contribution in [3.8, 4) is 11.1 Å². The first kappa shape index (κ1) is 18.6. The van der Waals surface area contributed by atoms with Gasteiger partial charge < -0.3 is 15.2 Å². The van der Waals surface area contributed by atoms with Crippen LogP contribution >= 0.6 is 0 Å². The Hall–Kier alpha value is -2.47. The van der Waals surface area contributed by atoms with Crippen LogP contribution in [0.5, 0.6) is 0 Å². The zero-order valence-electron chi connectivity index (χ0n) is 17.1. The second kappa shape index (κ2) is 6.80. The molecule has 6 nitrogen and oxygen atoms in total. The van der Waals surface area contributed by atoms with Gasteiger partial charge >= 0.3 is 0 Å². The van der Waals surface area contributed by atoms with Gasteiger partial charge in [-0.1, -0.05) is 25.5 Å². The van der Waals surface area contributed by atoms with Crippen molar-refractivity contribution in [3.63, 3.8) is 0 Å². The second-order valence-electron chi connectivity index (χ2n) is 8.74. The van der Waals surface area contributed by atoms with Gasteiger partial charge in [-0.3, -0.25) is 0 Å². The summed E-state index contributed by atoms with van der Waals surface area (Å²) in [5, 5.41) is 0. The molecule has 0 unspecified atom stereocenters. The van der Waals surface area contributed by atoms with Gasteiger partial charge in [0.15, 0.2) is 0 Å². The van der Waals surface area contributed by atoms with Crippen LogP contribution in [-0.4, -0.2) is 35.8 Å². The summed E-state index contributed by atoms with van der Waals surface area (Å²) in [6.45, 7) is 2.79. The molecule has 2 aliphatic carbocycles. The first-order valence-corrected chi connectivity index (χ1v) is 10.5. The third-order valence-corrected chi connectivity index (χ3v) is 7.50. The summed E-state index contributed by atoms with van der Waals surface area (Å²) < 4.78 is 11.6. The molecule has 5 rings (SSSR count). The number of nitrogens with two attached hydrogens (primary N) is 1. The molecule has 2 aromatic rings. The molecule has 152 valence electrons. The van der Waals surface area contributed by atoms with Gasteiger partial charge in [-0.2, -0.15) is 0 Å². The van der Waals surface area contributed by atoms with Gasteiger partial charge in [0.25, 0.3) is 6.02 Å². The first-order chi connectivity index (χ1) is 14.1. The number of ether oxygens (including phenoxy) is 2. The average Bonchev–Trinajstić information content (AvgIpc) is 3.27. The molecule has 2 N–H and O–H groups in total. The molecule has 3 aliphatic rings. The fourth-order valence-corrected chi connectivity index (χ4v) is 6.02. The lowest BCUT2D eigenvalue weighted by Gasteiger charge is -2.48. The molecule has 1 fully saturated rings. The van der Waals surface area contributed by atoms with Crippen molar-refractivity contribution in [2.75, 3.05) is 13.7 Å². The Labute approximate surface area is 171 Å². The molecular weight excluding hydrogens is 364 g/mol. The number of hydrogen-bond donors (Lipinski definition) is 1. The second-order valence-corrected chi connectivity index (χ2v) is 8.74. The van der Waals surface area contributed by atoms with Gasteiger partial charge in [0.05, 0.1) is 6.10 Å². The van der Waals surface area contributed by atoms with E-state index in [2.05, 4.69) is 35.1 Å². The quantitative estimate of drug-likeness (QED) is 0.865. The SMILES string of the molecule is CC[C@H]1C[C@@]2(CC[C@@H]1OC)Cc1ccc(-c3cncnc3)cc1[C@@]21COC(N)=N1. The summed E-state index contributed by atoms with van der Waals surface area (Å²) >= 11 is 0. The summed E-state index contributed by atoms with van der Waals surface area (Å²) in [6, 6.07) is 7.00. The summed E-state index contributed by atoms with van der Waals surface area (Å²) in [6.07, 6.45) is 10.9. The largest absolute Gasteiger partial charge is 0.462 e. The standard InChI is InChI=1S/C23H28N4O2/c1-3-15-9-22(7-6-20(15)28-2)10-17-5-4-16(18-11-25-14-26-12-18)8-19(17)23(22)13-29-21(24)27-23/h4-5,8,11-12,14-15,20H,3,6-7,9-10,13H2,1-2H3,(H2,24,27)/t15-,20-,22-,23-/m0/s1. The number of benzene rings is 1. The van der Waals surface area contributed by atoms with E-state index < -0.39 is 5.54 Å². The van der Waals surface area contributed by atoms with Crippen molar-refractivity contribution in [2.24, 2.45) is 22.1 Å². The number of fused-ring (bicyclic) bond motifs is 3. The van der Waals surface area contributed by atoms with Crippen molar-refractivity contribution in [3.05, 3.63) is 48.0 Å². The number of amidine groups is 1. The van der Waals surface area contributed by atoms with Crippen molar-refractivity contribution in [1.29, 1.82) is 0 Å². The predicted octanol–water partition coefficient (Wildman–Crippen LogP) is 3.45. The maximum absolute atomic E-state index is 6.09. The van der Waals surface area contributed by atoms with Gasteiger partial charge in [0, 0.05) is 30.5 Å². The van der Waals surface area contributed by atoms with Crippen LogP contribution in [0.15, 0.2) is 41.9 Å². The normalized spacial score (nSPS) is 33.0. The van der Waals surface area contributed by atoms with Crippen LogP contribution in [0.4, 0.5) is 0 Å². The van der Waals surface area contributed by atoms with Crippen LogP contribution in [0.1, 0.15) is 43.7 Å². The Morgan fingerprint density at radius 1 is 1.24 bits per heavy atom. The number of hydrogen-bond acceptors (Lipinski definition) is 6. The van der Waals surface area contributed by atoms with E-state index in [1.165, 1.54) is 11.1 Å². The van der Waals surface area contributed by atoms with E-state index in [1.807, 2.05) is 19.5 Å². The molecule has 1 saturated carbocycles. The number of aromatic nitrogens is 2. The molecular formula is C23H28N4O2. The third-order valence-electron chi connectivity index (χ3n) is 7.50. The maximum Gasteiger partial charge on any atom is 0.283 e. The smallest absolute Gasteiger partial charge is 0.283 e. The van der Waals surface area contributed by atoms with Crippen LogP contribution in [0.3, 0.4) is 0 Å². The Bertz CT molecular complexity index is 947. The highest BCUT2D eigenvalue weighted by atomic mass is 16.5. The monoisotopic (exact) mass is 392 g/mol. The van der Waals surface area contributed by atoms with E-state index >= 15 is 0 Å². The molecule has 6 heteroatoms. The number of rotatable bonds is 3. The van der Waals surface area contributed by atoms with Gasteiger partial charge in [-0.15, -0.1) is 0 Å². The summed E-state index contributed by atoms with van der Waals surface area (Å²) in [5.41, 5.74) is 10.4. The van der Waals surface area contributed by atoms with Crippen molar-refractivity contribution in [1.82, 2.24) is 9.97 Å². The zero-order valence-corrected chi connectivity index (χ0v) is 17.1. The average molecular weight is 393 g/mol. The van der Waals surface area contributed by atoms with Crippen LogP contribution in [-0.2, 0) is 21.4 Å². The molecule has 0 bridgehead atoms. The topological polar surface area (TPSA) is 82.6 Å². The molecule has 0 saturated heterocycles. The van der Waals surface area contributed by atoms with Crippen LogP contribution in [0, 0.1) is 11.3 Å². The van der Waals surface area contributed by atoms with E-state index in [9.17, 15) is 0 Å². The minimum absolute atomic E-state index is 0.0258. The Morgan fingerprint density at radius 3 is 2.76 bits per heavy atom. The van der Waals surface area contributed by atoms with Gasteiger partial charge in [-0.25, -0.2) is 15.0 Å². The van der Waals surface area contributed by atoms with E-state index in [0.29, 0.717) is 24.7 Å². The number of methoxy groups -OCH3 is 1. The van der Waals surface area contributed by atoms with Crippen molar-refractivity contribution < 1.29 is 9.47 Å². The lowest BCUT2D eigenvalue weighted by atomic mass is 9.59. The Morgan fingerprint density at radius 2 is 2.07 bits per heavy atom. The van der Waals surface area contributed by atoms with Crippen molar-refractivity contribution >= 4 is 6.02 Å². The number of nitrogens with zero attached hydrogens (tertiary/aromatic N) is 3. The van der Waals surface area contributed by atoms with Crippen LogP contribution in [0.2, 0.25) is 0 Å². The highest BCUT2D eigenvalue weighted by molar-refractivity contribution is 5.75. The van der Waals surface area contributed by atoms with E-state index in [-0.39, 0.29) is 5.41 Å². The minimum atomic E-state index is -0.413. The fraction of sp³-hybridized carbons (Fsp3) is 0.522. The molecule has 1 aromatic heterocycles. The molecule has 1 aromatic carbocycles. The first-order valence-electron chi connectivity index (χ1n) is 10.5. The Balaban J connectivity index is 1.62. The summed E-state index contributed by atoms with van der Waals surface area (Å²) in [5.74, 6) is 0.527. The molecule has 0 amide bonds. The van der Waals surface area contributed by atoms with Gasteiger partial charge in [0.2, 0.25) is 0 Å². The van der Waals surface area contributed by atoms with Gasteiger partial charge in [0.1, 0.15) is 18.5 Å². The van der Waals surface area contributed by atoms with Crippen molar-refractivity contribution in [2.45, 2.75) is 50.7 Å². The van der Waals surface area contributed by atoms with E-state index in [0.717, 1.165) is 43.2 Å². The zero-order chi connectivity index (χ0) is 20.1. The number of aliphatic imine (C=N–C) groups is 1. The molecule has 0 radical (unpaired) electrons. The molecule has 1 aliphatic heterocycles. The maximum atomic E-state index is 6.09. The van der Waals surface area contributed by atoms with Crippen LogP contribution in [0.25, 0.3) is 11.1 Å². The highest BCUT2D eigenvalue weighted by Crippen LogP contribution is 2.62. The lowest BCUT2D eigenvalue weighted by Crippen LogP contribution is -2.49. The van der Waals surface area contributed by atoms with Crippen LogP contribution < -0.4 is 5.73 Å². The van der Waals surface area contributed by atoms with E-state index in [4.69, 9.17) is 20.2 Å². The summed E-state index contributed by atoms with van der Waals surface area (Å²) in [7, 11) is 1.84. The molecule has 2 heterocycles. The highest BCUT2D eigenvalue weighted by Gasteiger charge is 2.62. The molecule has 2 spiro atoms. The molecule has 29 heavy (non-hydrogen) atoms. The molecule has 4 atom stereocenters. The van der Waals surface area contributed by atoms with Gasteiger partial charge in [-0.05, 0) is 54.4 Å².